The first-order valence-electron chi connectivity index (χ1n) is 8.52. The van der Waals surface area contributed by atoms with E-state index in [-0.39, 0.29) is 18.3 Å². The number of anilines is 1. The minimum atomic E-state index is -0.438. The van der Waals surface area contributed by atoms with Gasteiger partial charge in [-0.1, -0.05) is 35.9 Å². The molecule has 2 aromatic carbocycles. The highest BCUT2D eigenvalue weighted by Crippen LogP contribution is 2.30. The molecule has 25 heavy (non-hydrogen) atoms. The average Bonchev–Trinajstić information content (AvgIpc) is 2.93. The number of benzene rings is 2. The van der Waals surface area contributed by atoms with Crippen molar-refractivity contribution in [3.05, 3.63) is 58.7 Å². The Labute approximate surface area is 148 Å². The van der Waals surface area contributed by atoms with Crippen LogP contribution >= 0.6 is 0 Å². The van der Waals surface area contributed by atoms with Crippen LogP contribution in [-0.4, -0.2) is 18.4 Å². The molecule has 0 N–H and O–H groups in total. The van der Waals surface area contributed by atoms with Crippen LogP contribution in [-0.2, 0) is 9.59 Å². The van der Waals surface area contributed by atoms with Crippen LogP contribution in [0.2, 0.25) is 0 Å². The van der Waals surface area contributed by atoms with Crippen LogP contribution < -0.4 is 9.64 Å². The number of amides is 1. The van der Waals surface area contributed by atoms with Gasteiger partial charge in [-0.25, -0.2) is 0 Å². The molecule has 0 spiro atoms. The minimum absolute atomic E-state index is 0.0320. The highest BCUT2D eigenvalue weighted by atomic mass is 16.5. The van der Waals surface area contributed by atoms with Crippen molar-refractivity contribution in [2.24, 2.45) is 5.92 Å². The summed E-state index contributed by atoms with van der Waals surface area (Å²) in [5.41, 5.74) is 4.90. The molecule has 4 heteroatoms. The SMILES string of the molecule is Cc1ccc(N2C[C@@H](C(=O)Oc3c(C)cccc3C)CC2=O)c(C)c1. The Hall–Kier alpha value is -2.62. The first kappa shape index (κ1) is 17.2. The number of carbonyl (C=O) groups is 2. The Bertz CT molecular complexity index is 821. The number of rotatable bonds is 3. The molecule has 1 fully saturated rings. The number of aryl methyl sites for hydroxylation is 4. The normalized spacial score (nSPS) is 17.0. The van der Waals surface area contributed by atoms with Gasteiger partial charge < -0.3 is 9.64 Å². The van der Waals surface area contributed by atoms with Crippen molar-refractivity contribution in [1.82, 2.24) is 0 Å². The Kier molecular flexibility index (Phi) is 4.62. The number of para-hydroxylation sites is 1. The molecule has 130 valence electrons. The van der Waals surface area contributed by atoms with Crippen LogP contribution in [0.3, 0.4) is 0 Å². The van der Waals surface area contributed by atoms with Crippen LogP contribution in [0.15, 0.2) is 36.4 Å². The third-order valence-electron chi connectivity index (χ3n) is 4.71. The van der Waals surface area contributed by atoms with E-state index >= 15 is 0 Å². The second-order valence-electron chi connectivity index (χ2n) is 6.84. The predicted molar refractivity (Wildman–Crippen MR) is 97.9 cm³/mol. The summed E-state index contributed by atoms with van der Waals surface area (Å²) in [5.74, 6) is -0.203. The zero-order valence-corrected chi connectivity index (χ0v) is 15.1. The van der Waals surface area contributed by atoms with Crippen molar-refractivity contribution < 1.29 is 14.3 Å². The van der Waals surface area contributed by atoms with Gasteiger partial charge in [0.1, 0.15) is 5.75 Å². The summed E-state index contributed by atoms with van der Waals surface area (Å²) in [6, 6.07) is 11.7. The molecule has 1 heterocycles. The molecule has 0 unspecified atom stereocenters. The molecule has 1 amide bonds. The summed E-state index contributed by atoms with van der Waals surface area (Å²) in [6.07, 6.45) is 0.192. The van der Waals surface area contributed by atoms with E-state index in [1.807, 2.05) is 64.1 Å². The van der Waals surface area contributed by atoms with E-state index in [4.69, 9.17) is 4.74 Å². The van der Waals surface area contributed by atoms with Gasteiger partial charge in [-0.15, -0.1) is 0 Å². The van der Waals surface area contributed by atoms with Gasteiger partial charge >= 0.3 is 5.97 Å². The summed E-state index contributed by atoms with van der Waals surface area (Å²) in [6.45, 7) is 8.20. The number of hydrogen-bond acceptors (Lipinski definition) is 3. The van der Waals surface area contributed by atoms with Crippen molar-refractivity contribution in [2.45, 2.75) is 34.1 Å². The van der Waals surface area contributed by atoms with E-state index in [0.717, 1.165) is 27.9 Å². The number of esters is 1. The monoisotopic (exact) mass is 337 g/mol. The lowest BCUT2D eigenvalue weighted by Gasteiger charge is -2.19. The first-order chi connectivity index (χ1) is 11.9. The maximum absolute atomic E-state index is 12.6. The summed E-state index contributed by atoms with van der Waals surface area (Å²) in [4.78, 5) is 26.7. The zero-order chi connectivity index (χ0) is 18.1. The maximum Gasteiger partial charge on any atom is 0.316 e. The molecule has 0 radical (unpaired) electrons. The standard InChI is InChI=1S/C21H23NO3/c1-13-8-9-18(16(4)10-13)22-12-17(11-19(22)23)21(24)25-20-14(2)6-5-7-15(20)3/h5-10,17H,11-12H2,1-4H3/t17-/m0/s1. The third-order valence-corrected chi connectivity index (χ3v) is 4.71. The highest BCUT2D eigenvalue weighted by Gasteiger charge is 2.37. The minimum Gasteiger partial charge on any atom is -0.426 e. The van der Waals surface area contributed by atoms with Gasteiger partial charge in [0.05, 0.1) is 5.92 Å². The smallest absolute Gasteiger partial charge is 0.316 e. The largest absolute Gasteiger partial charge is 0.426 e. The molecule has 1 saturated heterocycles. The fourth-order valence-electron chi connectivity index (χ4n) is 3.35. The molecule has 4 nitrogen and oxygen atoms in total. The van der Waals surface area contributed by atoms with Crippen molar-refractivity contribution in [3.63, 3.8) is 0 Å². The zero-order valence-electron chi connectivity index (χ0n) is 15.1. The molecule has 1 aliphatic rings. The van der Waals surface area contributed by atoms with Crippen LogP contribution in [0.5, 0.6) is 5.75 Å². The molecule has 0 aliphatic carbocycles. The Morgan fingerprint density at radius 1 is 1.04 bits per heavy atom. The number of ether oxygens (including phenoxy) is 1. The molecule has 0 saturated carbocycles. The second-order valence-corrected chi connectivity index (χ2v) is 6.84. The Morgan fingerprint density at radius 2 is 1.72 bits per heavy atom. The Balaban J connectivity index is 1.77. The van der Waals surface area contributed by atoms with Crippen LogP contribution in [0, 0.1) is 33.6 Å². The van der Waals surface area contributed by atoms with E-state index in [1.165, 1.54) is 0 Å². The van der Waals surface area contributed by atoms with Crippen molar-refractivity contribution in [2.75, 3.05) is 11.4 Å². The molecule has 1 atom stereocenters. The van der Waals surface area contributed by atoms with Gasteiger partial charge in [0.25, 0.3) is 0 Å². The maximum atomic E-state index is 12.6. The van der Waals surface area contributed by atoms with Gasteiger partial charge in [-0.2, -0.15) is 0 Å². The first-order valence-corrected chi connectivity index (χ1v) is 8.52. The lowest BCUT2D eigenvalue weighted by molar-refractivity contribution is -0.139. The quantitative estimate of drug-likeness (QED) is 0.631. The Morgan fingerprint density at radius 3 is 2.36 bits per heavy atom. The molecule has 0 bridgehead atoms. The predicted octanol–water partition coefficient (Wildman–Crippen LogP) is 3.88. The van der Waals surface area contributed by atoms with E-state index in [9.17, 15) is 9.59 Å². The molecular weight excluding hydrogens is 314 g/mol. The lowest BCUT2D eigenvalue weighted by atomic mass is 10.1. The van der Waals surface area contributed by atoms with Gasteiger partial charge in [-0.3, -0.25) is 9.59 Å². The van der Waals surface area contributed by atoms with E-state index in [2.05, 4.69) is 0 Å². The van der Waals surface area contributed by atoms with E-state index < -0.39 is 5.92 Å². The second kappa shape index (κ2) is 6.71. The van der Waals surface area contributed by atoms with Crippen LogP contribution in [0.1, 0.15) is 28.7 Å². The summed E-state index contributed by atoms with van der Waals surface area (Å²) in [5, 5.41) is 0. The third kappa shape index (κ3) is 3.43. The highest BCUT2D eigenvalue weighted by molar-refractivity contribution is 6.00. The fraction of sp³-hybridized carbons (Fsp3) is 0.333. The fourth-order valence-corrected chi connectivity index (χ4v) is 3.35. The molecule has 1 aliphatic heterocycles. The van der Waals surface area contributed by atoms with Gasteiger partial charge in [-0.05, 0) is 50.5 Å². The van der Waals surface area contributed by atoms with Crippen LogP contribution in [0.4, 0.5) is 5.69 Å². The topological polar surface area (TPSA) is 46.6 Å². The van der Waals surface area contributed by atoms with Gasteiger partial charge in [0, 0.05) is 18.7 Å². The van der Waals surface area contributed by atoms with Crippen molar-refractivity contribution in [1.29, 1.82) is 0 Å². The average molecular weight is 337 g/mol. The van der Waals surface area contributed by atoms with Crippen LogP contribution in [0.25, 0.3) is 0 Å². The summed E-state index contributed by atoms with van der Waals surface area (Å²) < 4.78 is 5.62. The number of carbonyl (C=O) groups excluding carboxylic acids is 2. The van der Waals surface area contributed by atoms with Gasteiger partial charge in [0.15, 0.2) is 0 Å². The molecule has 0 aromatic heterocycles. The molecule has 3 rings (SSSR count). The van der Waals surface area contributed by atoms with Crippen molar-refractivity contribution >= 4 is 17.6 Å². The molecular formula is C21H23NO3. The molecule has 2 aromatic rings. The van der Waals surface area contributed by atoms with Crippen molar-refractivity contribution in [3.8, 4) is 5.75 Å². The van der Waals surface area contributed by atoms with E-state index in [0.29, 0.717) is 12.3 Å². The number of hydrogen-bond donors (Lipinski definition) is 0. The van der Waals surface area contributed by atoms with E-state index in [1.54, 1.807) is 4.90 Å². The lowest BCUT2D eigenvalue weighted by Crippen LogP contribution is -2.28. The number of nitrogens with zero attached hydrogens (tertiary/aromatic N) is 1. The van der Waals surface area contributed by atoms with Gasteiger partial charge in [0.2, 0.25) is 5.91 Å². The summed E-state index contributed by atoms with van der Waals surface area (Å²) >= 11 is 0. The summed E-state index contributed by atoms with van der Waals surface area (Å²) in [7, 11) is 0.